The minimum atomic E-state index is 0.280. The highest BCUT2D eigenvalue weighted by molar-refractivity contribution is 5.14. The van der Waals surface area contributed by atoms with Gasteiger partial charge in [0.1, 0.15) is 0 Å². The van der Waals surface area contributed by atoms with Crippen molar-refractivity contribution in [2.45, 2.75) is 44.7 Å². The van der Waals surface area contributed by atoms with Gasteiger partial charge in [0, 0.05) is 25.2 Å². The van der Waals surface area contributed by atoms with E-state index in [1.807, 2.05) is 0 Å². The number of rotatable bonds is 6. The van der Waals surface area contributed by atoms with E-state index in [2.05, 4.69) is 54.1 Å². The number of hydrogen-bond acceptors (Lipinski definition) is 3. The number of hydrogen-bond donors (Lipinski definition) is 1. The van der Waals surface area contributed by atoms with Crippen LogP contribution in [-0.2, 0) is 6.42 Å². The Bertz CT molecular complexity index is 393. The molecule has 21 heavy (non-hydrogen) atoms. The van der Waals surface area contributed by atoms with Crippen molar-refractivity contribution in [3.8, 4) is 0 Å². The van der Waals surface area contributed by atoms with Gasteiger partial charge < -0.3 is 10.6 Å². The summed E-state index contributed by atoms with van der Waals surface area (Å²) in [7, 11) is 2.24. The van der Waals surface area contributed by atoms with Crippen molar-refractivity contribution in [2.75, 3.05) is 33.2 Å². The van der Waals surface area contributed by atoms with Crippen LogP contribution in [0.25, 0.3) is 0 Å². The Labute approximate surface area is 130 Å². The van der Waals surface area contributed by atoms with E-state index in [1.54, 1.807) is 0 Å². The van der Waals surface area contributed by atoms with E-state index >= 15 is 0 Å². The molecule has 0 aliphatic carbocycles. The highest BCUT2D eigenvalue weighted by Crippen LogP contribution is 2.13. The van der Waals surface area contributed by atoms with Gasteiger partial charge >= 0.3 is 0 Å². The van der Waals surface area contributed by atoms with E-state index < -0.39 is 0 Å². The molecule has 0 spiro atoms. The summed E-state index contributed by atoms with van der Waals surface area (Å²) in [6.45, 7) is 6.93. The molecule has 0 amide bonds. The smallest absolute Gasteiger partial charge is 0.0221 e. The predicted molar refractivity (Wildman–Crippen MR) is 90.5 cm³/mol. The van der Waals surface area contributed by atoms with Crippen LogP contribution in [0.1, 0.15) is 31.7 Å². The van der Waals surface area contributed by atoms with Crippen molar-refractivity contribution >= 4 is 0 Å². The maximum absolute atomic E-state index is 6.40. The first-order chi connectivity index (χ1) is 10.2. The third-order valence-electron chi connectivity index (χ3n) is 4.61. The first kappa shape index (κ1) is 16.5. The van der Waals surface area contributed by atoms with Gasteiger partial charge in [-0.2, -0.15) is 0 Å². The molecule has 0 aromatic heterocycles. The van der Waals surface area contributed by atoms with Crippen LogP contribution in [0.5, 0.6) is 0 Å². The van der Waals surface area contributed by atoms with E-state index in [0.29, 0.717) is 6.04 Å². The molecule has 1 aliphatic heterocycles. The second-order valence-corrected chi connectivity index (χ2v) is 6.46. The van der Waals surface area contributed by atoms with Crippen molar-refractivity contribution in [3.05, 3.63) is 35.9 Å². The van der Waals surface area contributed by atoms with Crippen LogP contribution in [0.4, 0.5) is 0 Å². The van der Waals surface area contributed by atoms with Gasteiger partial charge in [-0.3, -0.25) is 4.90 Å². The summed E-state index contributed by atoms with van der Waals surface area (Å²) in [5, 5.41) is 0. The molecule has 1 aromatic carbocycles. The largest absolute Gasteiger partial charge is 0.327 e. The minimum absolute atomic E-state index is 0.280. The molecule has 1 fully saturated rings. The number of aryl methyl sites for hydroxylation is 1. The summed E-state index contributed by atoms with van der Waals surface area (Å²) in [4.78, 5) is 5.09. The van der Waals surface area contributed by atoms with Crippen LogP contribution >= 0.6 is 0 Å². The molecule has 2 atom stereocenters. The zero-order chi connectivity index (χ0) is 15.1. The fourth-order valence-corrected chi connectivity index (χ4v) is 3.31. The standard InChI is InChI=1S/C18H31N3/c1-3-18-15-20(2)12-7-13-21(18)14-17(19)11-10-16-8-5-4-6-9-16/h4-6,8-9,17-18H,3,7,10-15,19H2,1-2H3. The molecule has 2 unspecified atom stereocenters. The van der Waals surface area contributed by atoms with Crippen molar-refractivity contribution in [3.63, 3.8) is 0 Å². The number of benzene rings is 1. The van der Waals surface area contributed by atoms with Crippen LogP contribution in [-0.4, -0.2) is 55.1 Å². The van der Waals surface area contributed by atoms with E-state index in [9.17, 15) is 0 Å². The Hall–Kier alpha value is -0.900. The van der Waals surface area contributed by atoms with E-state index in [4.69, 9.17) is 5.73 Å². The lowest BCUT2D eigenvalue weighted by atomic mass is 10.0. The number of nitrogens with zero attached hydrogens (tertiary/aromatic N) is 2. The molecule has 0 bridgehead atoms. The third-order valence-corrected chi connectivity index (χ3v) is 4.61. The average molecular weight is 289 g/mol. The molecule has 1 heterocycles. The van der Waals surface area contributed by atoms with E-state index in [0.717, 1.165) is 19.4 Å². The van der Waals surface area contributed by atoms with Crippen LogP contribution in [0, 0.1) is 0 Å². The van der Waals surface area contributed by atoms with Gasteiger partial charge in [0.25, 0.3) is 0 Å². The highest BCUT2D eigenvalue weighted by atomic mass is 15.2. The van der Waals surface area contributed by atoms with Crippen molar-refractivity contribution < 1.29 is 0 Å². The quantitative estimate of drug-likeness (QED) is 0.872. The second-order valence-electron chi connectivity index (χ2n) is 6.46. The lowest BCUT2D eigenvalue weighted by Crippen LogP contribution is -2.45. The second kappa shape index (κ2) is 8.52. The fraction of sp³-hybridized carbons (Fsp3) is 0.667. The maximum Gasteiger partial charge on any atom is 0.0221 e. The van der Waals surface area contributed by atoms with Gasteiger partial charge in [-0.05, 0) is 51.4 Å². The molecular formula is C18H31N3. The van der Waals surface area contributed by atoms with Crippen molar-refractivity contribution in [1.29, 1.82) is 0 Å². The Balaban J connectivity index is 1.81. The van der Waals surface area contributed by atoms with Gasteiger partial charge in [0.2, 0.25) is 0 Å². The summed E-state index contributed by atoms with van der Waals surface area (Å²) >= 11 is 0. The van der Waals surface area contributed by atoms with Crippen LogP contribution in [0.15, 0.2) is 30.3 Å². The molecule has 1 saturated heterocycles. The van der Waals surface area contributed by atoms with E-state index in [-0.39, 0.29) is 6.04 Å². The zero-order valence-corrected chi connectivity index (χ0v) is 13.7. The summed E-state index contributed by atoms with van der Waals surface area (Å²) < 4.78 is 0. The summed E-state index contributed by atoms with van der Waals surface area (Å²) in [5.74, 6) is 0. The van der Waals surface area contributed by atoms with Crippen LogP contribution < -0.4 is 5.73 Å². The SMILES string of the molecule is CCC1CN(C)CCCN1CC(N)CCc1ccccc1. The summed E-state index contributed by atoms with van der Waals surface area (Å²) in [5.41, 5.74) is 7.80. The first-order valence-electron chi connectivity index (χ1n) is 8.41. The molecule has 2 N–H and O–H groups in total. The minimum Gasteiger partial charge on any atom is -0.327 e. The lowest BCUT2D eigenvalue weighted by molar-refractivity contribution is 0.172. The topological polar surface area (TPSA) is 32.5 Å². The van der Waals surface area contributed by atoms with Crippen LogP contribution in [0.3, 0.4) is 0 Å². The van der Waals surface area contributed by atoms with Gasteiger partial charge in [-0.1, -0.05) is 37.3 Å². The Morgan fingerprint density at radius 1 is 1.24 bits per heavy atom. The molecule has 3 nitrogen and oxygen atoms in total. The molecule has 1 aromatic rings. The predicted octanol–water partition coefficient (Wildman–Crippen LogP) is 2.36. The Morgan fingerprint density at radius 2 is 2.00 bits per heavy atom. The van der Waals surface area contributed by atoms with Gasteiger partial charge in [-0.15, -0.1) is 0 Å². The fourth-order valence-electron chi connectivity index (χ4n) is 3.31. The highest BCUT2D eigenvalue weighted by Gasteiger charge is 2.23. The molecule has 1 aliphatic rings. The van der Waals surface area contributed by atoms with Crippen molar-refractivity contribution in [1.82, 2.24) is 9.80 Å². The molecule has 0 saturated carbocycles. The lowest BCUT2D eigenvalue weighted by Gasteiger charge is -2.32. The van der Waals surface area contributed by atoms with Gasteiger partial charge in [0.15, 0.2) is 0 Å². The molecule has 0 radical (unpaired) electrons. The molecular weight excluding hydrogens is 258 g/mol. The molecule has 2 rings (SSSR count). The van der Waals surface area contributed by atoms with Crippen LogP contribution in [0.2, 0.25) is 0 Å². The van der Waals surface area contributed by atoms with Gasteiger partial charge in [-0.25, -0.2) is 0 Å². The van der Waals surface area contributed by atoms with Gasteiger partial charge in [0.05, 0.1) is 0 Å². The average Bonchev–Trinajstić information content (AvgIpc) is 2.67. The summed E-state index contributed by atoms with van der Waals surface area (Å²) in [6.07, 6.45) is 4.65. The van der Waals surface area contributed by atoms with Crippen molar-refractivity contribution in [2.24, 2.45) is 5.73 Å². The monoisotopic (exact) mass is 289 g/mol. The Morgan fingerprint density at radius 3 is 2.71 bits per heavy atom. The third kappa shape index (κ3) is 5.42. The Kier molecular flexibility index (Phi) is 6.68. The molecule has 3 heteroatoms. The molecule has 118 valence electrons. The maximum atomic E-state index is 6.40. The zero-order valence-electron chi connectivity index (χ0n) is 13.7. The van der Waals surface area contributed by atoms with E-state index in [1.165, 1.54) is 38.0 Å². The first-order valence-corrected chi connectivity index (χ1v) is 8.41. The normalized spacial score (nSPS) is 22.9. The number of nitrogens with two attached hydrogens (primary N) is 1. The summed E-state index contributed by atoms with van der Waals surface area (Å²) in [6, 6.07) is 11.6. The number of likely N-dealkylation sites (N-methyl/N-ethyl adjacent to an activating group) is 1.